The number of nitrogens with zero attached hydrogens (tertiary/aromatic N) is 1. The summed E-state index contributed by atoms with van der Waals surface area (Å²) in [5.41, 5.74) is -2.03. The van der Waals surface area contributed by atoms with E-state index < -0.39 is 15.5 Å². The fourth-order valence-electron chi connectivity index (χ4n) is 4.13. The highest BCUT2D eigenvalue weighted by Crippen LogP contribution is 2.33. The second-order valence-corrected chi connectivity index (χ2v) is 10.8. The molecule has 5 nitrogen and oxygen atoms in total. The van der Waals surface area contributed by atoms with E-state index in [1.165, 1.54) is 49.8 Å². The van der Waals surface area contributed by atoms with Crippen LogP contribution in [0, 0.1) is 12.8 Å². The van der Waals surface area contributed by atoms with Crippen molar-refractivity contribution in [1.82, 2.24) is 0 Å². The third-order valence-corrected chi connectivity index (χ3v) is 7.10. The van der Waals surface area contributed by atoms with Crippen LogP contribution in [0.15, 0.2) is 47.6 Å². The summed E-state index contributed by atoms with van der Waals surface area (Å²) in [5.74, 6) is 0.374. The van der Waals surface area contributed by atoms with Crippen LogP contribution >= 0.6 is 0 Å². The standard InChI is InChI=1S/C25H31F3N2O3S.C2H6/c1-17(2)24(22-15-18(3)9-14-23(22)30-34(31,32)25(26,27)28)29-33-16-19-10-12-21(13-11-19)20-7-5-4-6-8-20;1-2/h9-15,17,20,30H,4-8,16H2,1-3H3;1-2H3/b29-24+;. The maximum atomic E-state index is 12.9. The third kappa shape index (κ3) is 7.98. The summed E-state index contributed by atoms with van der Waals surface area (Å²) in [4.78, 5) is 5.56. The molecule has 1 aliphatic carbocycles. The monoisotopic (exact) mass is 526 g/mol. The average molecular weight is 527 g/mol. The van der Waals surface area contributed by atoms with Crippen molar-refractivity contribution in [3.05, 3.63) is 64.7 Å². The van der Waals surface area contributed by atoms with E-state index in [0.29, 0.717) is 11.6 Å². The summed E-state index contributed by atoms with van der Waals surface area (Å²) >= 11 is 0. The molecule has 0 unspecified atom stereocenters. The lowest BCUT2D eigenvalue weighted by molar-refractivity contribution is -0.0429. The van der Waals surface area contributed by atoms with Gasteiger partial charge < -0.3 is 4.84 Å². The van der Waals surface area contributed by atoms with Gasteiger partial charge in [0.25, 0.3) is 0 Å². The topological polar surface area (TPSA) is 67.8 Å². The van der Waals surface area contributed by atoms with Crippen LogP contribution < -0.4 is 4.72 Å². The van der Waals surface area contributed by atoms with E-state index in [9.17, 15) is 21.6 Å². The molecule has 1 fully saturated rings. The number of alkyl halides is 3. The van der Waals surface area contributed by atoms with E-state index in [2.05, 4.69) is 17.3 Å². The Morgan fingerprint density at radius 3 is 2.22 bits per heavy atom. The number of hydrogen-bond donors (Lipinski definition) is 1. The van der Waals surface area contributed by atoms with Crippen molar-refractivity contribution < 1.29 is 26.4 Å². The molecule has 0 aromatic heterocycles. The van der Waals surface area contributed by atoms with Crippen LogP contribution in [0.1, 0.15) is 88.0 Å². The molecule has 0 aliphatic heterocycles. The van der Waals surface area contributed by atoms with Crippen molar-refractivity contribution in [2.75, 3.05) is 4.72 Å². The van der Waals surface area contributed by atoms with Crippen LogP contribution in [0.25, 0.3) is 0 Å². The average Bonchev–Trinajstić information content (AvgIpc) is 2.84. The first-order valence-electron chi connectivity index (χ1n) is 12.5. The summed E-state index contributed by atoms with van der Waals surface area (Å²) in [6.45, 7) is 9.58. The van der Waals surface area contributed by atoms with Crippen molar-refractivity contribution >= 4 is 21.4 Å². The number of benzene rings is 2. The minimum atomic E-state index is -5.57. The predicted molar refractivity (Wildman–Crippen MR) is 140 cm³/mol. The van der Waals surface area contributed by atoms with Crippen molar-refractivity contribution in [3.8, 4) is 0 Å². The molecule has 1 aliphatic rings. The molecular weight excluding hydrogens is 489 g/mol. The fraction of sp³-hybridized carbons (Fsp3) is 0.519. The smallest absolute Gasteiger partial charge is 0.391 e. The maximum Gasteiger partial charge on any atom is 0.516 e. The highest BCUT2D eigenvalue weighted by atomic mass is 32.2. The van der Waals surface area contributed by atoms with Gasteiger partial charge in [-0.1, -0.05) is 88.0 Å². The van der Waals surface area contributed by atoms with Crippen molar-refractivity contribution in [3.63, 3.8) is 0 Å². The lowest BCUT2D eigenvalue weighted by Gasteiger charge is -2.22. The summed E-state index contributed by atoms with van der Waals surface area (Å²) in [6.07, 6.45) is 6.27. The molecule has 0 radical (unpaired) electrons. The minimum absolute atomic E-state index is 0.191. The van der Waals surface area contributed by atoms with Gasteiger partial charge in [-0.05, 0) is 54.9 Å². The SMILES string of the molecule is CC.Cc1ccc(NS(=O)(=O)C(F)(F)F)c(/C(=N/OCc2ccc(C3CCCCC3)cc2)C(C)C)c1. The van der Waals surface area contributed by atoms with Crippen LogP contribution in [0.2, 0.25) is 0 Å². The van der Waals surface area contributed by atoms with Gasteiger partial charge in [-0.2, -0.15) is 21.6 Å². The van der Waals surface area contributed by atoms with E-state index >= 15 is 0 Å². The first-order valence-corrected chi connectivity index (χ1v) is 13.9. The zero-order chi connectivity index (χ0) is 26.9. The van der Waals surface area contributed by atoms with Gasteiger partial charge in [0.15, 0.2) is 0 Å². The van der Waals surface area contributed by atoms with Gasteiger partial charge in [0.05, 0.1) is 11.4 Å². The number of rotatable bonds is 8. The van der Waals surface area contributed by atoms with Gasteiger partial charge in [-0.3, -0.25) is 4.72 Å². The maximum absolute atomic E-state index is 12.9. The number of anilines is 1. The zero-order valence-corrected chi connectivity index (χ0v) is 22.5. The number of nitrogens with one attached hydrogen (secondary N) is 1. The molecular formula is C27H37F3N2O3S. The lowest BCUT2D eigenvalue weighted by atomic mass is 9.84. The molecule has 200 valence electrons. The molecule has 36 heavy (non-hydrogen) atoms. The van der Waals surface area contributed by atoms with Gasteiger partial charge in [0, 0.05) is 5.56 Å². The fourth-order valence-corrected chi connectivity index (χ4v) is 4.71. The Balaban J connectivity index is 0.00000222. The highest BCUT2D eigenvalue weighted by Gasteiger charge is 2.46. The van der Waals surface area contributed by atoms with Crippen molar-refractivity contribution in [1.29, 1.82) is 0 Å². The van der Waals surface area contributed by atoms with Gasteiger partial charge in [0.2, 0.25) is 0 Å². The highest BCUT2D eigenvalue weighted by molar-refractivity contribution is 7.93. The van der Waals surface area contributed by atoms with Crippen molar-refractivity contribution in [2.24, 2.45) is 11.1 Å². The molecule has 2 aromatic carbocycles. The van der Waals surface area contributed by atoms with Gasteiger partial charge in [-0.15, -0.1) is 0 Å². The molecule has 0 atom stereocenters. The van der Waals surface area contributed by atoms with Gasteiger partial charge in [-0.25, -0.2) is 0 Å². The van der Waals surface area contributed by atoms with Crippen LogP contribution in [0.4, 0.5) is 18.9 Å². The number of halogens is 3. The molecule has 1 N–H and O–H groups in total. The quantitative estimate of drug-likeness (QED) is 0.281. The van der Waals surface area contributed by atoms with E-state index in [1.807, 2.05) is 39.8 Å². The Kier molecular flexibility index (Phi) is 10.8. The molecule has 1 saturated carbocycles. The molecule has 0 bridgehead atoms. The Morgan fingerprint density at radius 2 is 1.67 bits per heavy atom. The van der Waals surface area contributed by atoms with E-state index in [1.54, 1.807) is 17.7 Å². The molecule has 9 heteroatoms. The van der Waals surface area contributed by atoms with Crippen LogP contribution in [-0.2, 0) is 21.5 Å². The minimum Gasteiger partial charge on any atom is -0.391 e. The summed E-state index contributed by atoms with van der Waals surface area (Å²) in [7, 11) is -5.57. The second kappa shape index (κ2) is 13.1. The van der Waals surface area contributed by atoms with E-state index in [-0.39, 0.29) is 23.8 Å². The Morgan fingerprint density at radius 1 is 1.06 bits per heavy atom. The Bertz CT molecular complexity index is 1110. The summed E-state index contributed by atoms with van der Waals surface area (Å²) < 4.78 is 63.8. The third-order valence-electron chi connectivity index (χ3n) is 6.00. The molecule has 2 aromatic rings. The molecule has 3 rings (SSSR count). The normalized spacial score (nSPS) is 15.3. The summed E-state index contributed by atoms with van der Waals surface area (Å²) in [5, 5.41) is 4.20. The van der Waals surface area contributed by atoms with Crippen LogP contribution in [0.3, 0.4) is 0 Å². The molecule has 0 amide bonds. The number of oxime groups is 1. The molecule has 0 spiro atoms. The Labute approximate surface area is 213 Å². The van der Waals surface area contributed by atoms with Crippen LogP contribution in [0.5, 0.6) is 0 Å². The molecule has 0 saturated heterocycles. The summed E-state index contributed by atoms with van der Waals surface area (Å²) in [6, 6.07) is 12.7. The van der Waals surface area contributed by atoms with Crippen molar-refractivity contribution in [2.45, 2.75) is 84.8 Å². The molecule has 0 heterocycles. The zero-order valence-electron chi connectivity index (χ0n) is 21.7. The van der Waals surface area contributed by atoms with E-state index in [4.69, 9.17) is 4.84 Å². The number of sulfonamides is 1. The first-order chi connectivity index (χ1) is 17.0. The predicted octanol–water partition coefficient (Wildman–Crippen LogP) is 7.91. The van der Waals surface area contributed by atoms with Crippen LogP contribution in [-0.4, -0.2) is 19.6 Å². The first kappa shape index (κ1) is 29.7. The van der Waals surface area contributed by atoms with E-state index in [0.717, 1.165) is 11.1 Å². The van der Waals surface area contributed by atoms with Gasteiger partial charge >= 0.3 is 15.5 Å². The Hall–Kier alpha value is -2.55. The van der Waals surface area contributed by atoms with Gasteiger partial charge in [0.1, 0.15) is 6.61 Å². The lowest BCUT2D eigenvalue weighted by Crippen LogP contribution is -2.30. The second-order valence-electron chi connectivity index (χ2n) is 9.08. The number of hydrogen-bond acceptors (Lipinski definition) is 4. The largest absolute Gasteiger partial charge is 0.516 e. The number of aryl methyl sites for hydroxylation is 1.